The molecule has 0 aromatic heterocycles. The predicted octanol–water partition coefficient (Wildman–Crippen LogP) is 23.0. The van der Waals surface area contributed by atoms with E-state index in [2.05, 4.69) is 41.2 Å². The second-order valence-electron chi connectivity index (χ2n) is 27.8. The number of nitrogens with one attached hydrogen (secondary N) is 2. The average Bonchev–Trinajstić information content (AvgIpc) is 1.55. The second-order valence-corrected chi connectivity index (χ2v) is 30.5. The summed E-state index contributed by atoms with van der Waals surface area (Å²) in [4.78, 5) is 103. The molecule has 12 rings (SSSR count). The number of amides is 7. The number of hydrogen-bond acceptors (Lipinski definition) is 12. The first-order valence-electron chi connectivity index (χ1n) is 35.0. The van der Waals surface area contributed by atoms with Crippen molar-refractivity contribution in [1.29, 1.82) is 0 Å². The number of aliphatic imine (C=N–C) groups is 1. The van der Waals surface area contributed by atoms with Crippen molar-refractivity contribution in [3.05, 3.63) is 318 Å². The molecule has 2 fully saturated rings. The number of anilines is 7. The molecule has 2 saturated heterocycles. The van der Waals surface area contributed by atoms with Gasteiger partial charge in [0, 0.05) is 58.7 Å². The van der Waals surface area contributed by atoms with E-state index in [-0.39, 0.29) is 23.9 Å². The van der Waals surface area contributed by atoms with Gasteiger partial charge in [0.2, 0.25) is 6.08 Å². The molecule has 10 aromatic rings. The van der Waals surface area contributed by atoms with Crippen LogP contribution in [0.25, 0.3) is 9.69 Å². The van der Waals surface area contributed by atoms with Crippen molar-refractivity contribution >= 4 is 161 Å². The smallest absolute Gasteiger partial charge is 0.336 e. The van der Waals surface area contributed by atoms with Crippen LogP contribution in [0.1, 0.15) is 83.2 Å². The summed E-state index contributed by atoms with van der Waals surface area (Å²) in [5, 5.41) is 20.5. The zero-order valence-electron chi connectivity index (χ0n) is 64.7. The van der Waals surface area contributed by atoms with Gasteiger partial charge < -0.3 is 25.2 Å². The summed E-state index contributed by atoms with van der Waals surface area (Å²) in [5.74, 6) is -1.05. The van der Waals surface area contributed by atoms with E-state index < -0.39 is 39.9 Å². The molecule has 2 heterocycles. The number of ether oxygens (including phenoxy) is 2. The van der Waals surface area contributed by atoms with Gasteiger partial charge in [-0.2, -0.15) is 4.99 Å². The Bertz CT molecular complexity index is 5130. The zero-order valence-corrected chi connectivity index (χ0v) is 69.3. The fraction of sp³-hybridized carbons (Fsp3) is 0.216. The third-order valence-corrected chi connectivity index (χ3v) is 19.4. The maximum Gasteiger partial charge on any atom is 0.336 e. The van der Waals surface area contributed by atoms with Crippen LogP contribution in [0, 0.1) is 40.8 Å². The van der Waals surface area contributed by atoms with Gasteiger partial charge in [-0.3, -0.25) is 24.4 Å². The molecule has 0 saturated carbocycles. The van der Waals surface area contributed by atoms with Crippen molar-refractivity contribution < 1.29 is 48.1 Å². The number of methoxy groups -OCH3 is 2. The molecule has 25 heteroatoms. The van der Waals surface area contributed by atoms with Crippen molar-refractivity contribution in [2.45, 2.75) is 111 Å². The van der Waals surface area contributed by atoms with Crippen LogP contribution in [0.5, 0.6) is 0 Å². The number of benzene rings is 10. The molecule has 2 aliphatic rings. The number of nitrogens with zero attached hydrogens (tertiary/aromatic N) is 8. The van der Waals surface area contributed by atoms with Crippen LogP contribution in [0.3, 0.4) is 0 Å². The number of isocyanates is 1. The number of carbonyl (C=O) groups is 6. The minimum Gasteiger partial charge on any atom is -0.467 e. The number of esters is 2. The highest BCUT2D eigenvalue weighted by molar-refractivity contribution is 9.10. The summed E-state index contributed by atoms with van der Waals surface area (Å²) in [6.45, 7) is 36.0. The lowest BCUT2D eigenvalue weighted by Gasteiger charge is -2.43. The lowest BCUT2D eigenvalue weighted by atomic mass is 9.83. The lowest BCUT2D eigenvalue weighted by molar-refractivity contribution is -0.146. The number of carbonyl (C=O) groups excluding carboxylic acids is 7. The van der Waals surface area contributed by atoms with E-state index in [1.165, 1.54) is 45.5 Å². The Labute approximate surface area is 687 Å². The largest absolute Gasteiger partial charge is 0.467 e. The fourth-order valence-corrected chi connectivity index (χ4v) is 12.7. The molecule has 0 aliphatic carbocycles. The Hall–Kier alpha value is -11.6. The van der Waals surface area contributed by atoms with Crippen molar-refractivity contribution in [3.63, 3.8) is 0 Å². The normalized spacial score (nSPS) is 14.3. The van der Waals surface area contributed by atoms with Gasteiger partial charge in [-0.25, -0.2) is 43.4 Å². The molecule has 10 aromatic carbocycles. The first-order chi connectivity index (χ1) is 53.4. The van der Waals surface area contributed by atoms with Crippen molar-refractivity contribution in [3.8, 4) is 0 Å². The highest BCUT2D eigenvalue weighted by atomic mass is 79.9. The molecular weight excluding hydrogens is 1580 g/mol. The van der Waals surface area contributed by atoms with Crippen LogP contribution >= 0.6 is 62.3 Å². The topological polar surface area (TPSA) is 220 Å². The SMILES string of the molecule is COC(=O)C(C)(C)N(C(=O)Nc1ccc(Cl)cc1)c1ccc(C)cc1.COC(=O)C(C)(C)Nc1ccc(C)cc1.Cc1ccc(N2C(=O)N(c3ccc(Cl)cc3)C(=O)C2(C)C)cc1.O=C=Nc1ccc(Cl)cc1.[C-]#[N+]c1cccc(Br)c1.[C-]#[N+]c1cccc(C2(O)N(c3ccc(Cl)cc3)C(=O)N(c3ccc(C)cc3)C2(C)C)c1. The second kappa shape index (κ2) is 39.0. The molecule has 7 amide bonds. The monoisotopic (exact) mass is 1660 g/mol. The van der Waals surface area contributed by atoms with Gasteiger partial charge in [-0.05, 0) is 246 Å². The molecule has 20 nitrogen and oxygen atoms in total. The summed E-state index contributed by atoms with van der Waals surface area (Å²) in [7, 11) is 2.69. The Morgan fingerprint density at radius 1 is 0.522 bits per heavy atom. The molecular formula is C88H85BrCl4N10O10. The Morgan fingerprint density at radius 2 is 0.920 bits per heavy atom. The van der Waals surface area contributed by atoms with Crippen molar-refractivity contribution in [2.24, 2.45) is 4.99 Å². The summed E-state index contributed by atoms with van der Waals surface area (Å²) < 4.78 is 10.5. The number of aliphatic hydroxyl groups is 1. The Morgan fingerprint density at radius 3 is 1.37 bits per heavy atom. The van der Waals surface area contributed by atoms with Crippen LogP contribution in [0.2, 0.25) is 20.1 Å². The molecule has 0 radical (unpaired) electrons. The van der Waals surface area contributed by atoms with E-state index in [9.17, 15) is 38.7 Å². The molecule has 1 unspecified atom stereocenters. The van der Waals surface area contributed by atoms with Gasteiger partial charge in [0.1, 0.15) is 16.6 Å². The molecule has 2 aliphatic heterocycles. The summed E-state index contributed by atoms with van der Waals surface area (Å²) in [5.41, 5.74) is 5.32. The predicted molar refractivity (Wildman–Crippen MR) is 456 cm³/mol. The van der Waals surface area contributed by atoms with E-state index >= 15 is 0 Å². The summed E-state index contributed by atoms with van der Waals surface area (Å²) in [6, 6.07) is 70.1. The summed E-state index contributed by atoms with van der Waals surface area (Å²) in [6.07, 6.45) is 1.44. The van der Waals surface area contributed by atoms with E-state index in [1.54, 1.807) is 192 Å². The molecule has 0 bridgehead atoms. The first-order valence-corrected chi connectivity index (χ1v) is 37.3. The van der Waals surface area contributed by atoms with Crippen molar-refractivity contribution in [2.75, 3.05) is 49.4 Å². The van der Waals surface area contributed by atoms with E-state index in [4.69, 9.17) is 69.0 Å². The zero-order chi connectivity index (χ0) is 83.3. The lowest BCUT2D eigenvalue weighted by Crippen LogP contribution is -2.56. The molecule has 3 N–H and O–H groups in total. The van der Waals surface area contributed by atoms with Gasteiger partial charge in [-0.1, -0.05) is 170 Å². The first kappa shape index (κ1) is 88.6. The number of halogens is 5. The van der Waals surface area contributed by atoms with Crippen LogP contribution in [0.15, 0.2) is 252 Å². The van der Waals surface area contributed by atoms with E-state index in [0.717, 1.165) is 26.9 Å². The third kappa shape index (κ3) is 22.2. The highest BCUT2D eigenvalue weighted by Gasteiger charge is 2.64. The Kier molecular flexibility index (Phi) is 30.6. The average molecular weight is 1660 g/mol. The fourth-order valence-electron chi connectivity index (χ4n) is 11.8. The molecule has 1 atom stereocenters. The highest BCUT2D eigenvalue weighted by Crippen LogP contribution is 2.51. The number of hydrogen-bond donors (Lipinski definition) is 3. The third-order valence-electron chi connectivity index (χ3n) is 17.9. The van der Waals surface area contributed by atoms with Crippen molar-refractivity contribution in [1.82, 2.24) is 0 Å². The summed E-state index contributed by atoms with van der Waals surface area (Å²) >= 11 is 26.7. The Balaban J connectivity index is 0.000000197. The maximum atomic E-state index is 13.8. The van der Waals surface area contributed by atoms with Gasteiger partial charge in [-0.15, -0.1) is 0 Å². The minimum absolute atomic E-state index is 0.259. The van der Waals surface area contributed by atoms with Gasteiger partial charge in [0.15, 0.2) is 17.1 Å². The number of imide groups is 1. The molecule has 0 spiro atoms. The van der Waals surface area contributed by atoms with Gasteiger partial charge >= 0.3 is 30.0 Å². The van der Waals surface area contributed by atoms with Crippen LogP contribution < -0.4 is 35.1 Å². The minimum atomic E-state index is -1.75. The number of aryl methyl sites for hydroxylation is 4. The number of urea groups is 3. The molecule has 582 valence electrons. The van der Waals surface area contributed by atoms with E-state index in [1.807, 2.05) is 139 Å². The number of rotatable bonds is 13. The van der Waals surface area contributed by atoms with Gasteiger partial charge in [0.25, 0.3) is 5.91 Å². The van der Waals surface area contributed by atoms with Crippen LogP contribution in [-0.2, 0) is 34.4 Å². The molecule has 113 heavy (non-hydrogen) atoms. The quantitative estimate of drug-likeness (QED) is 0.0324. The van der Waals surface area contributed by atoms with Gasteiger partial charge in [0.05, 0.1) is 44.3 Å². The maximum absolute atomic E-state index is 13.8. The van der Waals surface area contributed by atoms with Crippen LogP contribution in [-0.4, -0.2) is 83.5 Å². The standard InChI is InChI=1S/C25H22ClN3O2.C19H21ClN2O3.C18H17ClN2O2.C12H17NO2.C7H4BrN.C7H4ClNO/c1-17-8-12-21(13-9-17)28-23(30)29(22-14-10-19(26)11-15-22)25(31,24(28,2)3)18-6-5-7-20(16-18)27-4;1-13-5-11-16(12-6-13)22(19(2,3)17(23)25-4)18(24)21-15-9-7-14(20)8-10-15;1-12-4-8-15(9-5-12)21-17(23)20(16(22)18(21,2)3)14-10-6-13(19)7-11-14;1-9-5-7-10(8-6-9)13-12(2,3)11(14)15-4;1-9-7-4-2-3-6(8)5-7;8-6-1-3-7(4-2-6)9-5-10/h5-16,31H,1-3H3;5-12H,1-4H3,(H,21,24);4-11H,1-3H3;5-8,13H,1-4H3;2-5H;1-4H. The van der Waals surface area contributed by atoms with Crippen LogP contribution in [0.4, 0.5) is 71.3 Å². The van der Waals surface area contributed by atoms with E-state index in [0.29, 0.717) is 76.8 Å².